The highest BCUT2D eigenvalue weighted by atomic mass is 35.5. The van der Waals surface area contributed by atoms with Crippen LogP contribution >= 0.6 is 34.5 Å². The van der Waals surface area contributed by atoms with Crippen molar-refractivity contribution < 1.29 is 4.52 Å². The van der Waals surface area contributed by atoms with Crippen LogP contribution in [-0.4, -0.2) is 5.16 Å². The third kappa shape index (κ3) is 2.34. The van der Waals surface area contributed by atoms with E-state index in [1.807, 2.05) is 24.3 Å². The van der Waals surface area contributed by atoms with Crippen LogP contribution in [0.15, 0.2) is 40.9 Å². The number of nitrogens with zero attached hydrogens (tertiary/aromatic N) is 1. The van der Waals surface area contributed by atoms with Crippen molar-refractivity contribution in [3.8, 4) is 21.8 Å². The second kappa shape index (κ2) is 4.89. The van der Waals surface area contributed by atoms with E-state index in [9.17, 15) is 0 Å². The average molecular weight is 311 g/mol. The van der Waals surface area contributed by atoms with Gasteiger partial charge in [0.05, 0.1) is 14.8 Å². The molecule has 1 aromatic carbocycles. The summed E-state index contributed by atoms with van der Waals surface area (Å²) in [4.78, 5) is 0.888. The van der Waals surface area contributed by atoms with Crippen LogP contribution in [0, 0.1) is 0 Å². The van der Waals surface area contributed by atoms with Gasteiger partial charge in [-0.1, -0.05) is 40.5 Å². The summed E-state index contributed by atoms with van der Waals surface area (Å²) < 4.78 is 6.01. The Morgan fingerprint density at radius 3 is 2.42 bits per heavy atom. The van der Waals surface area contributed by atoms with E-state index in [1.54, 1.807) is 12.1 Å². The van der Waals surface area contributed by atoms with Crippen LogP contribution in [0.25, 0.3) is 21.8 Å². The molecule has 0 aliphatic rings. The Morgan fingerprint density at radius 2 is 1.79 bits per heavy atom. The molecule has 2 N–H and O–H groups in total. The molecule has 0 saturated carbocycles. The van der Waals surface area contributed by atoms with Gasteiger partial charge in [0.25, 0.3) is 0 Å². The molecule has 96 valence electrons. The van der Waals surface area contributed by atoms with Crippen LogP contribution in [0.1, 0.15) is 0 Å². The normalized spacial score (nSPS) is 10.8. The summed E-state index contributed by atoms with van der Waals surface area (Å²) >= 11 is 13.2. The lowest BCUT2D eigenvalue weighted by Gasteiger charge is -2.01. The van der Waals surface area contributed by atoms with E-state index >= 15 is 0 Å². The monoisotopic (exact) mass is 310 g/mol. The van der Waals surface area contributed by atoms with Gasteiger partial charge in [0, 0.05) is 5.02 Å². The maximum atomic E-state index is 5.94. The van der Waals surface area contributed by atoms with Gasteiger partial charge in [-0.2, -0.15) is 0 Å². The van der Waals surface area contributed by atoms with E-state index in [-0.39, 0.29) is 0 Å². The summed E-state index contributed by atoms with van der Waals surface area (Å²) in [6.07, 6.45) is 0. The molecule has 0 atom stereocenters. The number of halogens is 2. The lowest BCUT2D eigenvalue weighted by molar-refractivity contribution is 0.437. The van der Waals surface area contributed by atoms with Gasteiger partial charge < -0.3 is 10.3 Å². The van der Waals surface area contributed by atoms with Crippen LogP contribution < -0.4 is 5.73 Å². The van der Waals surface area contributed by atoms with Gasteiger partial charge in [-0.15, -0.1) is 11.3 Å². The molecular weight excluding hydrogens is 303 g/mol. The van der Waals surface area contributed by atoms with Gasteiger partial charge in [0.2, 0.25) is 0 Å². The highest BCUT2D eigenvalue weighted by Gasteiger charge is 2.18. The average Bonchev–Trinajstić information content (AvgIpc) is 2.97. The zero-order valence-corrected chi connectivity index (χ0v) is 11.9. The molecule has 0 saturated heterocycles. The van der Waals surface area contributed by atoms with E-state index in [2.05, 4.69) is 5.16 Å². The number of hydrogen-bond acceptors (Lipinski definition) is 4. The fourth-order valence-electron chi connectivity index (χ4n) is 1.80. The molecule has 0 unspecified atom stereocenters. The van der Waals surface area contributed by atoms with Crippen molar-refractivity contribution in [1.29, 1.82) is 0 Å². The number of benzene rings is 1. The first kappa shape index (κ1) is 12.5. The molecule has 0 aliphatic heterocycles. The lowest BCUT2D eigenvalue weighted by Crippen LogP contribution is -1.88. The molecule has 0 radical (unpaired) electrons. The number of rotatable bonds is 2. The summed E-state index contributed by atoms with van der Waals surface area (Å²) in [7, 11) is 0. The Labute approximate surface area is 123 Å². The second-order valence-electron chi connectivity index (χ2n) is 3.88. The van der Waals surface area contributed by atoms with Crippen molar-refractivity contribution in [3.63, 3.8) is 0 Å². The van der Waals surface area contributed by atoms with Crippen molar-refractivity contribution in [2.45, 2.75) is 0 Å². The fourth-order valence-corrected chi connectivity index (χ4v) is 2.96. The maximum absolute atomic E-state index is 5.94. The van der Waals surface area contributed by atoms with Crippen LogP contribution in [0.2, 0.25) is 9.36 Å². The van der Waals surface area contributed by atoms with E-state index < -0.39 is 0 Å². The SMILES string of the molecule is Nc1noc(-c2ccc(Cl)s2)c1-c1ccc(Cl)cc1. The lowest BCUT2D eigenvalue weighted by atomic mass is 10.1. The molecule has 3 rings (SSSR count). The molecule has 0 spiro atoms. The summed E-state index contributed by atoms with van der Waals surface area (Å²) in [5.74, 6) is 0.971. The summed E-state index contributed by atoms with van der Waals surface area (Å²) in [5, 5.41) is 4.50. The quantitative estimate of drug-likeness (QED) is 0.728. The Bertz CT molecular complexity index is 719. The Kier molecular flexibility index (Phi) is 3.22. The van der Waals surface area contributed by atoms with Gasteiger partial charge in [-0.25, -0.2) is 0 Å². The summed E-state index contributed by atoms with van der Waals surface area (Å²) in [5.41, 5.74) is 7.55. The van der Waals surface area contributed by atoms with Crippen LogP contribution in [0.4, 0.5) is 5.82 Å². The molecule has 19 heavy (non-hydrogen) atoms. The second-order valence-corrected chi connectivity index (χ2v) is 6.03. The summed E-state index contributed by atoms with van der Waals surface area (Å²) in [6, 6.07) is 11.1. The molecular formula is C13H8Cl2N2OS. The molecule has 0 bridgehead atoms. The number of aromatic nitrogens is 1. The molecule has 0 amide bonds. The largest absolute Gasteiger partial charge is 0.380 e. The zero-order valence-electron chi connectivity index (χ0n) is 9.56. The molecule has 3 nitrogen and oxygen atoms in total. The van der Waals surface area contributed by atoms with Crippen molar-refractivity contribution in [2.24, 2.45) is 0 Å². The maximum Gasteiger partial charge on any atom is 0.186 e. The van der Waals surface area contributed by atoms with Crippen LogP contribution in [0.3, 0.4) is 0 Å². The minimum Gasteiger partial charge on any atom is -0.380 e. The minimum atomic E-state index is 0.349. The third-order valence-corrected chi connectivity index (χ3v) is 4.13. The predicted molar refractivity (Wildman–Crippen MR) is 79.7 cm³/mol. The van der Waals surface area contributed by atoms with E-state index in [1.165, 1.54) is 11.3 Å². The first-order valence-corrected chi connectivity index (χ1v) is 6.99. The van der Waals surface area contributed by atoms with E-state index in [0.717, 1.165) is 16.0 Å². The van der Waals surface area contributed by atoms with Crippen molar-refractivity contribution in [1.82, 2.24) is 5.16 Å². The molecule has 2 aromatic heterocycles. The molecule has 3 aromatic rings. The third-order valence-electron chi connectivity index (χ3n) is 2.65. The number of nitrogen functional groups attached to an aromatic ring is 1. The molecule has 0 aliphatic carbocycles. The van der Waals surface area contributed by atoms with E-state index in [4.69, 9.17) is 33.5 Å². The van der Waals surface area contributed by atoms with Gasteiger partial charge in [0.1, 0.15) is 0 Å². The first-order valence-electron chi connectivity index (χ1n) is 5.42. The zero-order chi connectivity index (χ0) is 13.4. The summed E-state index contributed by atoms with van der Waals surface area (Å²) in [6.45, 7) is 0. The topological polar surface area (TPSA) is 52.0 Å². The minimum absolute atomic E-state index is 0.349. The van der Waals surface area contributed by atoms with E-state index in [0.29, 0.717) is 20.9 Å². The van der Waals surface area contributed by atoms with Crippen molar-refractivity contribution in [2.75, 3.05) is 5.73 Å². The highest BCUT2D eigenvalue weighted by Crippen LogP contribution is 2.40. The molecule has 0 fully saturated rings. The highest BCUT2D eigenvalue weighted by molar-refractivity contribution is 7.19. The number of thiophene rings is 1. The van der Waals surface area contributed by atoms with Crippen LogP contribution in [0.5, 0.6) is 0 Å². The van der Waals surface area contributed by atoms with Crippen LogP contribution in [-0.2, 0) is 0 Å². The Balaban J connectivity index is 2.16. The van der Waals surface area contributed by atoms with Crippen molar-refractivity contribution >= 4 is 40.4 Å². The first-order chi connectivity index (χ1) is 9.15. The van der Waals surface area contributed by atoms with Gasteiger partial charge >= 0.3 is 0 Å². The van der Waals surface area contributed by atoms with Gasteiger partial charge in [-0.3, -0.25) is 0 Å². The molecule has 2 heterocycles. The fraction of sp³-hybridized carbons (Fsp3) is 0. The number of nitrogens with two attached hydrogens (primary N) is 1. The number of hydrogen-bond donors (Lipinski definition) is 1. The Hall–Kier alpha value is -1.49. The standard InChI is InChI=1S/C13H8Cl2N2OS/c14-8-3-1-7(2-4-8)11-12(18-17-13(11)16)9-5-6-10(15)19-9/h1-6H,(H2,16,17). The van der Waals surface area contributed by atoms with Gasteiger partial charge in [-0.05, 0) is 29.8 Å². The molecule has 6 heteroatoms. The smallest absolute Gasteiger partial charge is 0.186 e. The van der Waals surface area contributed by atoms with Crippen molar-refractivity contribution in [3.05, 3.63) is 45.8 Å². The van der Waals surface area contributed by atoms with Gasteiger partial charge in [0.15, 0.2) is 11.6 Å². The number of anilines is 1. The Morgan fingerprint density at radius 1 is 1.05 bits per heavy atom. The predicted octanol–water partition coefficient (Wildman–Crippen LogP) is 4.96.